The molecule has 156 valence electrons. The number of nitro groups is 1. The van der Waals surface area contributed by atoms with Crippen LogP contribution in [0.15, 0.2) is 41.4 Å². The number of thiazole rings is 1. The van der Waals surface area contributed by atoms with Gasteiger partial charge < -0.3 is 14.0 Å². The molecular weight excluding hydrogens is 434 g/mol. The molecule has 0 spiro atoms. The number of fused-ring (bicyclic) bond motifs is 1. The van der Waals surface area contributed by atoms with E-state index in [2.05, 4.69) is 4.99 Å². The van der Waals surface area contributed by atoms with Gasteiger partial charge in [0.1, 0.15) is 12.3 Å². The van der Waals surface area contributed by atoms with Crippen molar-refractivity contribution >= 4 is 50.7 Å². The lowest BCUT2D eigenvalue weighted by Crippen LogP contribution is -2.23. The number of methoxy groups -OCH3 is 1. The first-order chi connectivity index (χ1) is 14.3. The predicted octanol–water partition coefficient (Wildman–Crippen LogP) is 3.58. The van der Waals surface area contributed by atoms with Gasteiger partial charge in [0.15, 0.2) is 4.80 Å². The van der Waals surface area contributed by atoms with Crippen molar-refractivity contribution in [3.8, 4) is 5.75 Å². The number of carbonyl (C=O) groups excluding carboxylic acids is 2. The molecule has 0 atom stereocenters. The van der Waals surface area contributed by atoms with Crippen molar-refractivity contribution in [1.82, 2.24) is 4.57 Å². The summed E-state index contributed by atoms with van der Waals surface area (Å²) < 4.78 is 12.5. The van der Waals surface area contributed by atoms with E-state index in [0.29, 0.717) is 11.3 Å². The highest BCUT2D eigenvalue weighted by Gasteiger charge is 2.17. The number of amides is 1. The molecule has 0 fully saturated rings. The SMILES string of the molecule is CCOC(=O)Cn1c(=NC(=O)c2cc([N+](=O)[O-])ccc2Cl)sc2cc(OC)ccc21. The second-order valence-electron chi connectivity index (χ2n) is 5.95. The number of esters is 1. The Morgan fingerprint density at radius 2 is 2.03 bits per heavy atom. The van der Waals surface area contributed by atoms with E-state index >= 15 is 0 Å². The fraction of sp³-hybridized carbons (Fsp3) is 0.211. The molecule has 0 saturated heterocycles. The van der Waals surface area contributed by atoms with Crippen LogP contribution < -0.4 is 9.54 Å². The van der Waals surface area contributed by atoms with E-state index in [1.165, 1.54) is 19.2 Å². The summed E-state index contributed by atoms with van der Waals surface area (Å²) in [6, 6.07) is 8.76. The highest BCUT2D eigenvalue weighted by molar-refractivity contribution is 7.16. The Kier molecular flexibility index (Phi) is 6.48. The number of carbonyl (C=O) groups is 2. The van der Waals surface area contributed by atoms with Crippen LogP contribution in [0.25, 0.3) is 10.2 Å². The molecule has 11 heteroatoms. The molecule has 0 aliphatic carbocycles. The predicted molar refractivity (Wildman–Crippen MR) is 111 cm³/mol. The molecule has 0 aliphatic heterocycles. The van der Waals surface area contributed by atoms with Crippen molar-refractivity contribution in [2.75, 3.05) is 13.7 Å². The molecule has 0 radical (unpaired) electrons. The van der Waals surface area contributed by atoms with Crippen LogP contribution in [-0.2, 0) is 16.1 Å². The maximum absolute atomic E-state index is 12.8. The first kappa shape index (κ1) is 21.5. The zero-order chi connectivity index (χ0) is 21.8. The standard InChI is InChI=1S/C19H16ClN3O6S/c1-3-29-17(24)10-22-15-7-5-12(28-2)9-16(15)30-19(22)21-18(25)13-8-11(23(26)27)4-6-14(13)20/h4-9H,3,10H2,1-2H3. The van der Waals surface area contributed by atoms with Gasteiger partial charge in [-0.1, -0.05) is 22.9 Å². The van der Waals surface area contributed by atoms with E-state index in [-0.39, 0.29) is 34.2 Å². The Morgan fingerprint density at radius 3 is 2.70 bits per heavy atom. The lowest BCUT2D eigenvalue weighted by molar-refractivity contribution is -0.384. The molecule has 0 bridgehead atoms. The van der Waals surface area contributed by atoms with Gasteiger partial charge in [0.25, 0.3) is 11.6 Å². The van der Waals surface area contributed by atoms with Gasteiger partial charge in [0.05, 0.1) is 39.4 Å². The van der Waals surface area contributed by atoms with Gasteiger partial charge in [-0.15, -0.1) is 0 Å². The smallest absolute Gasteiger partial charge is 0.326 e. The molecule has 0 unspecified atom stereocenters. The highest BCUT2D eigenvalue weighted by atomic mass is 35.5. The van der Waals surface area contributed by atoms with Crippen LogP contribution in [-0.4, -0.2) is 35.1 Å². The van der Waals surface area contributed by atoms with Gasteiger partial charge in [-0.2, -0.15) is 4.99 Å². The third-order valence-electron chi connectivity index (χ3n) is 4.07. The van der Waals surface area contributed by atoms with E-state index in [0.717, 1.165) is 22.1 Å². The summed E-state index contributed by atoms with van der Waals surface area (Å²) in [4.78, 5) is 39.5. The zero-order valence-corrected chi connectivity index (χ0v) is 17.5. The lowest BCUT2D eigenvalue weighted by Gasteiger charge is -2.06. The molecule has 3 rings (SSSR count). The maximum Gasteiger partial charge on any atom is 0.326 e. The van der Waals surface area contributed by atoms with Crippen molar-refractivity contribution in [3.05, 3.63) is 61.9 Å². The van der Waals surface area contributed by atoms with Crippen LogP contribution in [0, 0.1) is 10.1 Å². The van der Waals surface area contributed by atoms with Gasteiger partial charge in [-0.3, -0.25) is 19.7 Å². The third kappa shape index (κ3) is 4.50. The average Bonchev–Trinajstić information content (AvgIpc) is 3.04. The van der Waals surface area contributed by atoms with Crippen molar-refractivity contribution < 1.29 is 24.0 Å². The summed E-state index contributed by atoms with van der Waals surface area (Å²) in [5.41, 5.74) is 0.271. The summed E-state index contributed by atoms with van der Waals surface area (Å²) in [6.07, 6.45) is 0. The monoisotopic (exact) mass is 449 g/mol. The molecule has 1 heterocycles. The fourth-order valence-corrected chi connectivity index (χ4v) is 3.95. The number of rotatable bonds is 6. The number of benzene rings is 2. The molecule has 1 amide bonds. The normalized spacial score (nSPS) is 11.5. The van der Waals surface area contributed by atoms with Crippen LogP contribution in [0.4, 0.5) is 5.69 Å². The van der Waals surface area contributed by atoms with Gasteiger partial charge in [0.2, 0.25) is 0 Å². The molecular formula is C19H16ClN3O6S. The molecule has 2 aromatic carbocycles. The van der Waals surface area contributed by atoms with Crippen molar-refractivity contribution in [2.24, 2.45) is 4.99 Å². The minimum Gasteiger partial charge on any atom is -0.497 e. The van der Waals surface area contributed by atoms with E-state index in [1.807, 2.05) is 0 Å². The molecule has 0 aliphatic rings. The maximum atomic E-state index is 12.8. The van der Waals surface area contributed by atoms with Crippen LogP contribution in [0.5, 0.6) is 5.75 Å². The Balaban J connectivity index is 2.14. The topological polar surface area (TPSA) is 113 Å². The summed E-state index contributed by atoms with van der Waals surface area (Å²) in [5, 5.41) is 11.1. The van der Waals surface area contributed by atoms with Crippen molar-refractivity contribution in [1.29, 1.82) is 0 Å². The zero-order valence-electron chi connectivity index (χ0n) is 16.0. The minimum absolute atomic E-state index is 0.0362. The van der Waals surface area contributed by atoms with Crippen molar-refractivity contribution in [2.45, 2.75) is 13.5 Å². The van der Waals surface area contributed by atoms with E-state index in [4.69, 9.17) is 21.1 Å². The summed E-state index contributed by atoms with van der Waals surface area (Å²) >= 11 is 7.21. The Bertz CT molecular complexity index is 1220. The number of hydrogen-bond acceptors (Lipinski definition) is 7. The molecule has 0 N–H and O–H groups in total. The van der Waals surface area contributed by atoms with Crippen LogP contribution in [0.3, 0.4) is 0 Å². The Labute approximate surface area is 179 Å². The van der Waals surface area contributed by atoms with Crippen LogP contribution in [0.1, 0.15) is 17.3 Å². The summed E-state index contributed by atoms with van der Waals surface area (Å²) in [5.74, 6) is -0.651. The number of nitro benzene ring substituents is 1. The molecule has 30 heavy (non-hydrogen) atoms. The molecule has 9 nitrogen and oxygen atoms in total. The number of nitrogens with zero attached hydrogens (tertiary/aromatic N) is 3. The minimum atomic E-state index is -0.764. The first-order valence-electron chi connectivity index (χ1n) is 8.70. The first-order valence-corrected chi connectivity index (χ1v) is 9.89. The second-order valence-corrected chi connectivity index (χ2v) is 7.36. The molecule has 1 aromatic heterocycles. The van der Waals surface area contributed by atoms with Crippen LogP contribution >= 0.6 is 22.9 Å². The molecule has 0 saturated carbocycles. The number of halogens is 1. The number of ether oxygens (including phenoxy) is 2. The Hall–Kier alpha value is -3.24. The third-order valence-corrected chi connectivity index (χ3v) is 5.44. The van der Waals surface area contributed by atoms with Crippen LogP contribution in [0.2, 0.25) is 5.02 Å². The number of non-ortho nitro benzene ring substituents is 1. The van der Waals surface area contributed by atoms with Crippen molar-refractivity contribution in [3.63, 3.8) is 0 Å². The number of hydrogen-bond donors (Lipinski definition) is 0. The second kappa shape index (κ2) is 9.06. The van der Waals surface area contributed by atoms with E-state index < -0.39 is 16.8 Å². The Morgan fingerprint density at radius 1 is 1.27 bits per heavy atom. The molecule has 3 aromatic rings. The summed E-state index contributed by atoms with van der Waals surface area (Å²) in [7, 11) is 1.53. The van der Waals surface area contributed by atoms with Gasteiger partial charge in [0, 0.05) is 12.1 Å². The van der Waals surface area contributed by atoms with Gasteiger partial charge in [-0.25, -0.2) is 0 Å². The average molecular weight is 450 g/mol. The lowest BCUT2D eigenvalue weighted by atomic mass is 10.2. The quantitative estimate of drug-likeness (QED) is 0.323. The number of aromatic nitrogens is 1. The fourth-order valence-electron chi connectivity index (χ4n) is 2.69. The summed E-state index contributed by atoms with van der Waals surface area (Å²) in [6.45, 7) is 1.75. The highest BCUT2D eigenvalue weighted by Crippen LogP contribution is 2.25. The van der Waals surface area contributed by atoms with Gasteiger partial charge in [-0.05, 0) is 31.2 Å². The van der Waals surface area contributed by atoms with Gasteiger partial charge >= 0.3 is 5.97 Å². The van der Waals surface area contributed by atoms with E-state index in [9.17, 15) is 19.7 Å². The largest absolute Gasteiger partial charge is 0.497 e. The van der Waals surface area contributed by atoms with E-state index in [1.54, 1.807) is 29.7 Å².